The molecule has 3 rings (SSSR count). The first-order chi connectivity index (χ1) is 12.3. The van der Waals surface area contributed by atoms with Crippen molar-refractivity contribution >= 4 is 28.5 Å². The van der Waals surface area contributed by atoms with E-state index in [9.17, 15) is 13.2 Å². The highest BCUT2D eigenvalue weighted by atomic mass is 32.2. The summed E-state index contributed by atoms with van der Waals surface area (Å²) in [7, 11) is 0. The molecule has 4 N–H and O–H groups in total. The third-order valence-corrected chi connectivity index (χ3v) is 4.72. The Morgan fingerprint density at radius 3 is 2.58 bits per heavy atom. The molecule has 0 radical (unpaired) electrons. The van der Waals surface area contributed by atoms with Gasteiger partial charge in [0.05, 0.1) is 16.0 Å². The summed E-state index contributed by atoms with van der Waals surface area (Å²) in [6.45, 7) is 3.83. The van der Waals surface area contributed by atoms with Gasteiger partial charge >= 0.3 is 0 Å². The largest absolute Gasteiger partial charge is 0.453 e. The first-order valence-corrected chi connectivity index (χ1v) is 8.64. The standard InChI is InChI=1S/C18H16F3N3OS/c1-8(2)26-17-10-5-6-24-15(10)13(20)14(21)16(17)25-9-3-4-12(19)11(7-9)18(22)23/h3-8,24H,1-2H3,(H3,22,23). The van der Waals surface area contributed by atoms with E-state index >= 15 is 0 Å². The molecule has 8 heteroatoms. The highest BCUT2D eigenvalue weighted by Gasteiger charge is 2.24. The van der Waals surface area contributed by atoms with Gasteiger partial charge in [-0.25, -0.2) is 8.78 Å². The lowest BCUT2D eigenvalue weighted by Crippen LogP contribution is -2.13. The van der Waals surface area contributed by atoms with Crippen LogP contribution in [0.4, 0.5) is 13.2 Å². The Balaban J connectivity index is 2.16. The van der Waals surface area contributed by atoms with E-state index in [0.29, 0.717) is 10.3 Å². The van der Waals surface area contributed by atoms with Gasteiger partial charge in [-0.1, -0.05) is 13.8 Å². The number of aromatic nitrogens is 1. The van der Waals surface area contributed by atoms with Crippen molar-refractivity contribution in [3.63, 3.8) is 0 Å². The zero-order chi connectivity index (χ0) is 19.0. The zero-order valence-corrected chi connectivity index (χ0v) is 14.8. The number of benzene rings is 2. The average molecular weight is 379 g/mol. The molecule has 4 nitrogen and oxygen atoms in total. The number of ether oxygens (including phenoxy) is 1. The summed E-state index contributed by atoms with van der Waals surface area (Å²) in [5, 5.41) is 7.97. The molecule has 0 saturated carbocycles. The number of H-pyrrole nitrogens is 1. The highest BCUT2D eigenvalue weighted by molar-refractivity contribution is 8.00. The molecule has 136 valence electrons. The van der Waals surface area contributed by atoms with Gasteiger partial charge in [0.25, 0.3) is 0 Å². The molecule has 0 spiro atoms. The van der Waals surface area contributed by atoms with Gasteiger partial charge in [0.2, 0.25) is 5.82 Å². The summed E-state index contributed by atoms with van der Waals surface area (Å²) >= 11 is 1.32. The third kappa shape index (κ3) is 3.24. The number of rotatable bonds is 5. The fourth-order valence-electron chi connectivity index (χ4n) is 2.51. The number of fused-ring (bicyclic) bond motifs is 1. The van der Waals surface area contributed by atoms with Crippen LogP contribution >= 0.6 is 11.8 Å². The van der Waals surface area contributed by atoms with Crippen molar-refractivity contribution in [3.05, 3.63) is 53.5 Å². The Morgan fingerprint density at radius 2 is 1.92 bits per heavy atom. The van der Waals surface area contributed by atoms with Gasteiger partial charge in [-0.15, -0.1) is 11.8 Å². The molecule has 0 unspecified atom stereocenters. The molecule has 2 aromatic carbocycles. The maximum Gasteiger partial charge on any atom is 0.204 e. The van der Waals surface area contributed by atoms with Crippen molar-refractivity contribution in [2.45, 2.75) is 24.0 Å². The third-order valence-electron chi connectivity index (χ3n) is 3.61. The Kier molecular flexibility index (Phi) is 4.86. The predicted molar refractivity (Wildman–Crippen MR) is 96.7 cm³/mol. The topological polar surface area (TPSA) is 74.9 Å². The van der Waals surface area contributed by atoms with Crippen LogP contribution in [-0.4, -0.2) is 16.1 Å². The minimum Gasteiger partial charge on any atom is -0.453 e. The highest BCUT2D eigenvalue weighted by Crippen LogP contribution is 2.43. The maximum absolute atomic E-state index is 14.7. The molecule has 1 heterocycles. The summed E-state index contributed by atoms with van der Waals surface area (Å²) in [6.07, 6.45) is 1.52. The quantitative estimate of drug-likeness (QED) is 0.326. The summed E-state index contributed by atoms with van der Waals surface area (Å²) in [5.74, 6) is -3.62. The molecule has 0 atom stereocenters. The number of nitrogen functional groups attached to an aromatic ring is 1. The Labute approximate surface area is 152 Å². The Bertz CT molecular complexity index is 1000. The summed E-state index contributed by atoms with van der Waals surface area (Å²) < 4.78 is 48.3. The van der Waals surface area contributed by atoms with Gasteiger partial charge in [0.1, 0.15) is 17.4 Å². The van der Waals surface area contributed by atoms with E-state index in [1.165, 1.54) is 30.1 Å². The number of thioether (sulfide) groups is 1. The van der Waals surface area contributed by atoms with Gasteiger partial charge in [0.15, 0.2) is 11.6 Å². The van der Waals surface area contributed by atoms with Crippen LogP contribution in [0, 0.1) is 22.9 Å². The van der Waals surface area contributed by atoms with Crippen LogP contribution in [0.2, 0.25) is 0 Å². The zero-order valence-electron chi connectivity index (χ0n) is 14.0. The summed E-state index contributed by atoms with van der Waals surface area (Å²) in [4.78, 5) is 3.12. The van der Waals surface area contributed by atoms with E-state index < -0.39 is 23.3 Å². The van der Waals surface area contributed by atoms with Crippen LogP contribution in [0.3, 0.4) is 0 Å². The minimum absolute atomic E-state index is 0.0513. The van der Waals surface area contributed by atoms with Gasteiger partial charge in [-0.05, 0) is 24.3 Å². The summed E-state index contributed by atoms with van der Waals surface area (Å²) in [6, 6.07) is 5.15. The maximum atomic E-state index is 14.7. The van der Waals surface area contributed by atoms with Crippen LogP contribution < -0.4 is 10.5 Å². The molecular formula is C18H16F3N3OS. The fourth-order valence-corrected chi connectivity index (χ4v) is 3.51. The molecule has 26 heavy (non-hydrogen) atoms. The Morgan fingerprint density at radius 1 is 1.19 bits per heavy atom. The van der Waals surface area contributed by atoms with Crippen molar-refractivity contribution in [2.24, 2.45) is 5.73 Å². The normalized spacial score (nSPS) is 11.3. The predicted octanol–water partition coefficient (Wildman–Crippen LogP) is 5.16. The summed E-state index contributed by atoms with van der Waals surface area (Å²) in [5.41, 5.74) is 5.21. The average Bonchev–Trinajstić information content (AvgIpc) is 3.06. The van der Waals surface area contributed by atoms with Crippen LogP contribution in [0.15, 0.2) is 35.4 Å². The minimum atomic E-state index is -1.14. The number of hydrogen-bond acceptors (Lipinski definition) is 3. The lowest BCUT2D eigenvalue weighted by atomic mass is 10.2. The first kappa shape index (κ1) is 18.2. The van der Waals surface area contributed by atoms with Crippen molar-refractivity contribution in [3.8, 4) is 11.5 Å². The van der Waals surface area contributed by atoms with Crippen LogP contribution in [0.5, 0.6) is 11.5 Å². The number of nitrogens with two attached hydrogens (primary N) is 1. The molecule has 0 saturated heterocycles. The van der Waals surface area contributed by atoms with Crippen molar-refractivity contribution in [1.82, 2.24) is 4.98 Å². The van der Waals surface area contributed by atoms with E-state index in [1.54, 1.807) is 6.07 Å². The van der Waals surface area contributed by atoms with Crippen LogP contribution in [-0.2, 0) is 0 Å². The fraction of sp³-hybridized carbons (Fsp3) is 0.167. The van der Waals surface area contributed by atoms with E-state index in [-0.39, 0.29) is 27.8 Å². The smallest absolute Gasteiger partial charge is 0.204 e. The molecule has 0 aliphatic carbocycles. The number of hydrogen-bond donors (Lipinski definition) is 3. The monoisotopic (exact) mass is 379 g/mol. The molecule has 0 bridgehead atoms. The van der Waals surface area contributed by atoms with Gasteiger partial charge in [-0.3, -0.25) is 5.41 Å². The molecule has 0 aliphatic heterocycles. The second-order valence-corrected chi connectivity index (χ2v) is 7.46. The molecule has 3 aromatic rings. The van der Waals surface area contributed by atoms with Crippen molar-refractivity contribution in [2.75, 3.05) is 0 Å². The molecule has 0 amide bonds. The van der Waals surface area contributed by atoms with Crippen molar-refractivity contribution in [1.29, 1.82) is 5.41 Å². The number of amidine groups is 1. The molecule has 0 fully saturated rings. The van der Waals surface area contributed by atoms with Crippen molar-refractivity contribution < 1.29 is 17.9 Å². The second kappa shape index (κ2) is 6.95. The van der Waals surface area contributed by atoms with E-state index in [1.807, 2.05) is 13.8 Å². The van der Waals surface area contributed by atoms with E-state index in [2.05, 4.69) is 4.98 Å². The SMILES string of the molecule is CC(C)Sc1c(Oc2ccc(F)c(C(=N)N)c2)c(F)c(F)c2[nH]ccc12. The van der Waals surface area contributed by atoms with Gasteiger partial charge in [-0.2, -0.15) is 4.39 Å². The molecular weight excluding hydrogens is 363 g/mol. The lowest BCUT2D eigenvalue weighted by Gasteiger charge is -2.16. The van der Waals surface area contributed by atoms with Gasteiger partial charge in [0, 0.05) is 16.8 Å². The van der Waals surface area contributed by atoms with E-state index in [0.717, 1.165) is 6.07 Å². The Hall–Kier alpha value is -2.61. The number of aromatic amines is 1. The first-order valence-electron chi connectivity index (χ1n) is 7.76. The number of halogens is 3. The molecule has 1 aromatic heterocycles. The molecule has 0 aliphatic rings. The number of nitrogens with one attached hydrogen (secondary N) is 2. The van der Waals surface area contributed by atoms with Crippen LogP contribution in [0.25, 0.3) is 10.9 Å². The van der Waals surface area contributed by atoms with E-state index in [4.69, 9.17) is 15.9 Å². The van der Waals surface area contributed by atoms with Gasteiger partial charge < -0.3 is 15.5 Å². The second-order valence-electron chi connectivity index (χ2n) is 5.88. The lowest BCUT2D eigenvalue weighted by molar-refractivity contribution is 0.409. The van der Waals surface area contributed by atoms with Crippen LogP contribution in [0.1, 0.15) is 19.4 Å².